The molecule has 148 valence electrons. The van der Waals surface area contributed by atoms with Crippen molar-refractivity contribution in [3.05, 3.63) is 59.7 Å². The normalized spacial score (nSPS) is 11.9. The van der Waals surface area contributed by atoms with Crippen molar-refractivity contribution in [3.8, 4) is 22.9 Å². The second-order valence-corrected chi connectivity index (χ2v) is 6.09. The lowest BCUT2D eigenvalue weighted by atomic mass is 10.2. The number of ether oxygens (including phenoxy) is 2. The Labute approximate surface area is 163 Å². The van der Waals surface area contributed by atoms with Gasteiger partial charge in [0, 0.05) is 24.0 Å². The third kappa shape index (κ3) is 4.32. The van der Waals surface area contributed by atoms with E-state index in [-0.39, 0.29) is 31.3 Å². The topological polar surface area (TPSA) is 116 Å². The van der Waals surface area contributed by atoms with Gasteiger partial charge in [0.05, 0.1) is 0 Å². The number of hydrogen-bond acceptors (Lipinski definition) is 7. The van der Waals surface area contributed by atoms with E-state index in [1.54, 1.807) is 12.1 Å². The summed E-state index contributed by atoms with van der Waals surface area (Å²) in [6.45, 7) is 0.107. The molecule has 9 nitrogen and oxygen atoms in total. The van der Waals surface area contributed by atoms with Gasteiger partial charge in [-0.25, -0.2) is 4.39 Å². The van der Waals surface area contributed by atoms with Gasteiger partial charge < -0.3 is 14.0 Å². The van der Waals surface area contributed by atoms with Crippen molar-refractivity contribution < 1.29 is 28.0 Å². The van der Waals surface area contributed by atoms with Crippen molar-refractivity contribution in [1.29, 1.82) is 0 Å². The summed E-state index contributed by atoms with van der Waals surface area (Å²) < 4.78 is 28.4. The van der Waals surface area contributed by atoms with E-state index in [4.69, 9.17) is 14.0 Å². The van der Waals surface area contributed by atoms with E-state index in [1.165, 1.54) is 30.3 Å². The summed E-state index contributed by atoms with van der Waals surface area (Å²) in [7, 11) is 0. The molecule has 0 radical (unpaired) electrons. The quantitative estimate of drug-likeness (QED) is 0.632. The van der Waals surface area contributed by atoms with Crippen LogP contribution in [0, 0.1) is 5.82 Å². The number of fused-ring (bicyclic) bond motifs is 1. The molecular weight excluding hydrogens is 383 g/mol. The van der Waals surface area contributed by atoms with Gasteiger partial charge in [0.25, 0.3) is 5.91 Å². The van der Waals surface area contributed by atoms with Crippen LogP contribution in [0.1, 0.15) is 22.7 Å². The molecule has 0 spiro atoms. The van der Waals surface area contributed by atoms with E-state index in [1.807, 2.05) is 0 Å². The van der Waals surface area contributed by atoms with E-state index in [0.29, 0.717) is 28.5 Å². The smallest absolute Gasteiger partial charge is 0.269 e. The first-order valence-electron chi connectivity index (χ1n) is 8.66. The van der Waals surface area contributed by atoms with Crippen molar-refractivity contribution >= 4 is 11.8 Å². The van der Waals surface area contributed by atoms with Crippen LogP contribution in [-0.4, -0.2) is 28.7 Å². The number of aryl methyl sites for hydroxylation is 1. The van der Waals surface area contributed by atoms with E-state index in [0.717, 1.165) is 0 Å². The molecule has 2 N–H and O–H groups in total. The Balaban J connectivity index is 1.26. The van der Waals surface area contributed by atoms with E-state index < -0.39 is 11.8 Å². The van der Waals surface area contributed by atoms with Gasteiger partial charge >= 0.3 is 0 Å². The zero-order valence-corrected chi connectivity index (χ0v) is 15.0. The lowest BCUT2D eigenvalue weighted by molar-refractivity contribution is -0.121. The fourth-order valence-corrected chi connectivity index (χ4v) is 2.59. The van der Waals surface area contributed by atoms with Gasteiger partial charge in [-0.1, -0.05) is 5.16 Å². The second kappa shape index (κ2) is 7.97. The number of rotatable bonds is 5. The van der Waals surface area contributed by atoms with E-state index >= 15 is 0 Å². The van der Waals surface area contributed by atoms with Gasteiger partial charge in [-0.2, -0.15) is 4.98 Å². The van der Waals surface area contributed by atoms with Crippen LogP contribution >= 0.6 is 0 Å². The van der Waals surface area contributed by atoms with Crippen LogP contribution in [0.5, 0.6) is 11.5 Å². The molecule has 2 aromatic carbocycles. The summed E-state index contributed by atoms with van der Waals surface area (Å²) in [4.78, 5) is 28.2. The Bertz CT molecular complexity index is 1050. The lowest BCUT2D eigenvalue weighted by Crippen LogP contribution is -2.41. The molecule has 1 aliphatic heterocycles. The van der Waals surface area contributed by atoms with Crippen LogP contribution in [0.4, 0.5) is 4.39 Å². The maximum atomic E-state index is 13.0. The van der Waals surface area contributed by atoms with E-state index in [2.05, 4.69) is 21.0 Å². The molecule has 2 amide bonds. The van der Waals surface area contributed by atoms with Gasteiger partial charge in [0.15, 0.2) is 11.5 Å². The number of benzene rings is 2. The first-order valence-corrected chi connectivity index (χ1v) is 8.66. The molecule has 0 saturated heterocycles. The van der Waals surface area contributed by atoms with Crippen molar-refractivity contribution in [1.82, 2.24) is 21.0 Å². The number of carbonyl (C=O) groups is 2. The summed E-state index contributed by atoms with van der Waals surface area (Å²) in [6.07, 6.45) is 0.201. The Morgan fingerprint density at radius 2 is 1.83 bits per heavy atom. The standard InChI is InChI=1S/C19H15FN4O5/c20-13-4-1-11(2-5-13)18-21-17(29-24-18)8-7-16(25)22-23-19(26)12-3-6-14-15(9-12)28-10-27-14/h1-6,9H,7-8,10H2,(H,22,25)(H,23,26). The first-order chi connectivity index (χ1) is 14.1. The van der Waals surface area contributed by atoms with Crippen LogP contribution in [-0.2, 0) is 11.2 Å². The zero-order valence-electron chi connectivity index (χ0n) is 15.0. The lowest BCUT2D eigenvalue weighted by Gasteiger charge is -2.07. The number of hydrogen-bond donors (Lipinski definition) is 2. The molecule has 4 rings (SSSR count). The molecule has 0 saturated carbocycles. The van der Waals surface area contributed by atoms with Gasteiger partial charge in [0.1, 0.15) is 5.82 Å². The van der Waals surface area contributed by atoms with Crippen molar-refractivity contribution in [3.63, 3.8) is 0 Å². The predicted molar refractivity (Wildman–Crippen MR) is 96.2 cm³/mol. The minimum absolute atomic E-state index is 0.0203. The average molecular weight is 398 g/mol. The highest BCUT2D eigenvalue weighted by Crippen LogP contribution is 2.32. The number of nitrogens with one attached hydrogen (secondary N) is 2. The molecule has 0 bridgehead atoms. The number of halogens is 1. The van der Waals surface area contributed by atoms with Crippen LogP contribution in [0.2, 0.25) is 0 Å². The fraction of sp³-hybridized carbons (Fsp3) is 0.158. The highest BCUT2D eigenvalue weighted by Gasteiger charge is 2.17. The molecule has 3 aromatic rings. The summed E-state index contributed by atoms with van der Waals surface area (Å²) in [5, 5.41) is 3.80. The summed E-state index contributed by atoms with van der Waals surface area (Å²) >= 11 is 0. The second-order valence-electron chi connectivity index (χ2n) is 6.09. The van der Waals surface area contributed by atoms with Gasteiger partial charge in [0.2, 0.25) is 24.4 Å². The Morgan fingerprint density at radius 3 is 2.66 bits per heavy atom. The molecule has 2 heterocycles. The Hall–Kier alpha value is -3.95. The number of hydrazine groups is 1. The van der Waals surface area contributed by atoms with Crippen LogP contribution < -0.4 is 20.3 Å². The first kappa shape index (κ1) is 18.4. The van der Waals surface area contributed by atoms with Crippen LogP contribution in [0.3, 0.4) is 0 Å². The fourth-order valence-electron chi connectivity index (χ4n) is 2.59. The monoisotopic (exact) mass is 398 g/mol. The van der Waals surface area contributed by atoms with Crippen LogP contribution in [0.25, 0.3) is 11.4 Å². The number of amides is 2. The third-order valence-corrected chi connectivity index (χ3v) is 4.09. The number of aromatic nitrogens is 2. The largest absolute Gasteiger partial charge is 0.454 e. The highest BCUT2D eigenvalue weighted by molar-refractivity contribution is 5.96. The van der Waals surface area contributed by atoms with Gasteiger partial charge in [-0.15, -0.1) is 0 Å². The van der Waals surface area contributed by atoms with Crippen molar-refractivity contribution in [2.24, 2.45) is 0 Å². The SMILES string of the molecule is O=C(CCc1nc(-c2ccc(F)cc2)no1)NNC(=O)c1ccc2c(c1)OCO2. The number of carbonyl (C=O) groups excluding carboxylic acids is 2. The molecule has 0 unspecified atom stereocenters. The molecule has 1 aliphatic rings. The summed E-state index contributed by atoms with van der Waals surface area (Å²) in [5.74, 6) is 0.297. The Kier molecular flexibility index (Phi) is 5.06. The maximum absolute atomic E-state index is 13.0. The zero-order chi connectivity index (χ0) is 20.2. The number of nitrogens with zero attached hydrogens (tertiary/aromatic N) is 2. The summed E-state index contributed by atoms with van der Waals surface area (Å²) in [6, 6.07) is 10.4. The molecular formula is C19H15FN4O5. The van der Waals surface area contributed by atoms with Gasteiger partial charge in [-0.3, -0.25) is 20.4 Å². The minimum Gasteiger partial charge on any atom is -0.454 e. The minimum atomic E-state index is -0.493. The summed E-state index contributed by atoms with van der Waals surface area (Å²) in [5.41, 5.74) is 5.56. The third-order valence-electron chi connectivity index (χ3n) is 4.09. The predicted octanol–water partition coefficient (Wildman–Crippen LogP) is 2.00. The Morgan fingerprint density at radius 1 is 1.03 bits per heavy atom. The molecule has 0 aliphatic carbocycles. The molecule has 29 heavy (non-hydrogen) atoms. The van der Waals surface area contributed by atoms with Crippen LogP contribution in [0.15, 0.2) is 47.0 Å². The van der Waals surface area contributed by atoms with Gasteiger partial charge in [-0.05, 0) is 42.5 Å². The highest BCUT2D eigenvalue weighted by atomic mass is 19.1. The molecule has 1 aromatic heterocycles. The molecule has 0 atom stereocenters. The molecule has 0 fully saturated rings. The average Bonchev–Trinajstić information content (AvgIpc) is 3.40. The maximum Gasteiger partial charge on any atom is 0.269 e. The van der Waals surface area contributed by atoms with E-state index in [9.17, 15) is 14.0 Å². The van der Waals surface area contributed by atoms with Crippen molar-refractivity contribution in [2.75, 3.05) is 6.79 Å². The molecule has 10 heteroatoms. The van der Waals surface area contributed by atoms with Crippen molar-refractivity contribution in [2.45, 2.75) is 12.8 Å².